The first-order valence-electron chi connectivity index (χ1n) is 13.9. The Balaban J connectivity index is 1.50. The van der Waals surface area contributed by atoms with Gasteiger partial charge in [-0.2, -0.15) is 27.2 Å². The molecule has 240 valence electrons. The molecule has 1 unspecified atom stereocenters. The Kier molecular flexibility index (Phi) is 10.2. The zero-order chi connectivity index (χ0) is 33.0. The number of benzene rings is 3. The molecule has 2 N–H and O–H groups in total. The topological polar surface area (TPSA) is 120 Å². The number of ether oxygens (including phenoxy) is 1. The summed E-state index contributed by atoms with van der Waals surface area (Å²) >= 11 is 0. The minimum Gasteiger partial charge on any atom is -0.394 e. The van der Waals surface area contributed by atoms with Crippen molar-refractivity contribution in [1.29, 1.82) is 5.26 Å². The van der Waals surface area contributed by atoms with Crippen LogP contribution in [-0.2, 0) is 20.8 Å². The maximum Gasteiger partial charge on any atom is 0.448 e. The maximum atomic E-state index is 13.6. The highest BCUT2D eigenvalue weighted by Crippen LogP contribution is 2.37. The molecule has 14 heteroatoms. The predicted octanol–water partition coefficient (Wildman–Crippen LogP) is 5.46. The van der Waals surface area contributed by atoms with Crippen LogP contribution >= 0.6 is 0 Å². The summed E-state index contributed by atoms with van der Waals surface area (Å²) in [5.41, 5.74) is 0.995. The van der Waals surface area contributed by atoms with E-state index in [1.54, 1.807) is 17.0 Å². The van der Waals surface area contributed by atoms with Gasteiger partial charge in [0.1, 0.15) is 0 Å². The van der Waals surface area contributed by atoms with E-state index in [-0.39, 0.29) is 35.1 Å². The van der Waals surface area contributed by atoms with Gasteiger partial charge >= 0.3 is 12.3 Å². The summed E-state index contributed by atoms with van der Waals surface area (Å²) in [6.45, 7) is 0.779. The quantitative estimate of drug-likeness (QED) is 0.265. The fourth-order valence-electron chi connectivity index (χ4n) is 5.16. The summed E-state index contributed by atoms with van der Waals surface area (Å²) in [5, 5.41) is 21.2. The number of sulfone groups is 1. The van der Waals surface area contributed by atoms with Gasteiger partial charge in [-0.1, -0.05) is 31.2 Å². The van der Waals surface area contributed by atoms with Gasteiger partial charge in [-0.05, 0) is 66.1 Å². The molecule has 0 spiro atoms. The van der Waals surface area contributed by atoms with E-state index in [4.69, 9.17) is 5.26 Å². The number of aliphatic hydroxyl groups is 1. The van der Waals surface area contributed by atoms with E-state index in [0.717, 1.165) is 18.2 Å². The highest BCUT2D eigenvalue weighted by molar-refractivity contribution is 7.91. The van der Waals surface area contributed by atoms with E-state index >= 15 is 0 Å². The fraction of sp³-hybridized carbons (Fsp3) is 0.355. The van der Waals surface area contributed by atoms with Crippen LogP contribution < -0.4 is 10.2 Å². The number of hydrogen-bond donors (Lipinski definition) is 2. The molecule has 8 nitrogen and oxygen atoms in total. The Morgan fingerprint density at radius 2 is 1.67 bits per heavy atom. The number of nitriles is 1. The Bertz CT molecular complexity index is 1620. The number of halogens is 5. The lowest BCUT2D eigenvalue weighted by Crippen LogP contribution is -2.36. The third-order valence-corrected chi connectivity index (χ3v) is 9.43. The highest BCUT2D eigenvalue weighted by Gasteiger charge is 2.38. The molecule has 1 saturated heterocycles. The first-order valence-corrected chi connectivity index (χ1v) is 15.5. The molecule has 3 aromatic carbocycles. The lowest BCUT2D eigenvalue weighted by Gasteiger charge is -2.27. The lowest BCUT2D eigenvalue weighted by atomic mass is 9.95. The first kappa shape index (κ1) is 33.8. The molecule has 45 heavy (non-hydrogen) atoms. The summed E-state index contributed by atoms with van der Waals surface area (Å²) in [4.78, 5) is 14.8. The number of rotatable bonds is 11. The summed E-state index contributed by atoms with van der Waals surface area (Å²) in [5.74, 6) is -0.942. The Labute approximate surface area is 257 Å². The number of aliphatic hydroxyl groups excluding tert-OH is 1. The van der Waals surface area contributed by atoms with Crippen molar-refractivity contribution in [3.8, 4) is 6.07 Å². The van der Waals surface area contributed by atoms with Gasteiger partial charge in [0.25, 0.3) is 5.91 Å². The van der Waals surface area contributed by atoms with E-state index in [2.05, 4.69) is 10.1 Å². The molecule has 1 amide bonds. The van der Waals surface area contributed by atoms with Gasteiger partial charge in [0.15, 0.2) is 15.9 Å². The number of nitrogens with one attached hydrogen (secondary N) is 1. The number of alkyl halides is 5. The van der Waals surface area contributed by atoms with Crippen molar-refractivity contribution < 1.29 is 45.0 Å². The molecular formula is C31H30F5N3O5S. The van der Waals surface area contributed by atoms with Crippen LogP contribution in [0.5, 0.6) is 0 Å². The van der Waals surface area contributed by atoms with E-state index in [9.17, 15) is 40.3 Å². The molecule has 0 bridgehead atoms. The third-order valence-electron chi connectivity index (χ3n) is 7.68. The van der Waals surface area contributed by atoms with Gasteiger partial charge in [0.2, 0.25) is 0 Å². The SMILES string of the molecule is CCS(=O)(=O)c1ccc([C@H](CO)NC(=O)c2ccc(N3CC(c4ccc(C(F)(F)F)cc4)C[C@H]3COC(F)(F)C#N)cc2)cc1. The average molecular weight is 652 g/mol. The summed E-state index contributed by atoms with van der Waals surface area (Å²) in [6, 6.07) is 15.9. The Morgan fingerprint density at radius 3 is 2.20 bits per heavy atom. The summed E-state index contributed by atoms with van der Waals surface area (Å²) in [6.07, 6.45) is -8.27. The van der Waals surface area contributed by atoms with Crippen molar-refractivity contribution in [3.63, 3.8) is 0 Å². The Morgan fingerprint density at radius 1 is 1.04 bits per heavy atom. The number of carbonyl (C=O) groups is 1. The zero-order valence-electron chi connectivity index (χ0n) is 24.0. The number of carbonyl (C=O) groups excluding carboxylic acids is 1. The predicted molar refractivity (Wildman–Crippen MR) is 154 cm³/mol. The fourth-order valence-corrected chi connectivity index (χ4v) is 6.05. The van der Waals surface area contributed by atoms with Gasteiger partial charge in [-0.15, -0.1) is 0 Å². The number of nitrogens with zero attached hydrogens (tertiary/aromatic N) is 2. The largest absolute Gasteiger partial charge is 0.448 e. The first-order chi connectivity index (χ1) is 21.2. The van der Waals surface area contributed by atoms with Crippen LogP contribution in [0.1, 0.15) is 52.4 Å². The van der Waals surface area contributed by atoms with E-state index in [1.165, 1.54) is 55.5 Å². The van der Waals surface area contributed by atoms with Crippen molar-refractivity contribution in [3.05, 3.63) is 95.1 Å². The van der Waals surface area contributed by atoms with Crippen molar-refractivity contribution in [2.45, 2.75) is 48.5 Å². The zero-order valence-corrected chi connectivity index (χ0v) is 24.8. The van der Waals surface area contributed by atoms with Gasteiger partial charge in [-0.25, -0.2) is 8.42 Å². The van der Waals surface area contributed by atoms with Gasteiger partial charge in [0, 0.05) is 23.7 Å². The van der Waals surface area contributed by atoms with Crippen LogP contribution in [-0.4, -0.2) is 57.1 Å². The second-order valence-corrected chi connectivity index (χ2v) is 12.8. The van der Waals surface area contributed by atoms with Crippen molar-refractivity contribution in [2.75, 3.05) is 30.4 Å². The molecule has 0 aliphatic carbocycles. The molecule has 3 atom stereocenters. The van der Waals surface area contributed by atoms with Crippen molar-refractivity contribution in [2.24, 2.45) is 0 Å². The second-order valence-electron chi connectivity index (χ2n) is 10.5. The maximum absolute atomic E-state index is 13.6. The third kappa shape index (κ3) is 8.16. The van der Waals surface area contributed by atoms with Gasteiger partial charge < -0.3 is 20.1 Å². The average Bonchev–Trinajstić information content (AvgIpc) is 3.47. The molecule has 0 saturated carbocycles. The molecule has 1 heterocycles. The van der Waals surface area contributed by atoms with Gasteiger partial charge in [0.05, 0.1) is 41.5 Å². The lowest BCUT2D eigenvalue weighted by molar-refractivity contribution is -0.195. The van der Waals surface area contributed by atoms with Crippen molar-refractivity contribution in [1.82, 2.24) is 5.32 Å². The van der Waals surface area contributed by atoms with Crippen LogP contribution in [0, 0.1) is 11.3 Å². The molecule has 1 aliphatic rings. The second kappa shape index (κ2) is 13.5. The molecule has 3 aromatic rings. The van der Waals surface area contributed by atoms with Crippen LogP contribution in [0.2, 0.25) is 0 Å². The number of anilines is 1. The minimum atomic E-state index is -4.51. The van der Waals surface area contributed by atoms with Crippen LogP contribution in [0.15, 0.2) is 77.7 Å². The monoisotopic (exact) mass is 651 g/mol. The summed E-state index contributed by atoms with van der Waals surface area (Å²) < 4.78 is 95.0. The number of hydrogen-bond acceptors (Lipinski definition) is 7. The van der Waals surface area contributed by atoms with Crippen molar-refractivity contribution >= 4 is 21.4 Å². The smallest absolute Gasteiger partial charge is 0.394 e. The van der Waals surface area contributed by atoms with Crippen LogP contribution in [0.25, 0.3) is 0 Å². The van der Waals surface area contributed by atoms with Gasteiger partial charge in [-0.3, -0.25) is 4.79 Å². The molecular weight excluding hydrogens is 621 g/mol. The Hall–Kier alpha value is -4.06. The van der Waals surface area contributed by atoms with E-state index < -0.39 is 58.9 Å². The minimum absolute atomic E-state index is 0.0736. The molecule has 1 fully saturated rings. The molecule has 0 aromatic heterocycles. The van der Waals surface area contributed by atoms with E-state index in [1.807, 2.05) is 0 Å². The standard InChI is InChI=1S/C31H30F5N3O5S/c1-2-45(42,43)27-13-7-21(8-14-27)28(17-40)38-29(41)22-5-11-25(12-6-22)39-16-23(15-26(39)18-44-30(32,33)19-37)20-3-9-24(10-4-20)31(34,35)36/h3-14,23,26,28,40H,2,15-18H2,1H3,(H,38,41)/t23?,26-,28-/m0/s1. The number of amides is 1. The summed E-state index contributed by atoms with van der Waals surface area (Å²) in [7, 11) is -3.42. The van der Waals surface area contributed by atoms with E-state index in [0.29, 0.717) is 16.8 Å². The highest BCUT2D eigenvalue weighted by atomic mass is 32.2. The molecule has 1 aliphatic heterocycles. The van der Waals surface area contributed by atoms with Crippen LogP contribution in [0.4, 0.5) is 27.6 Å². The van der Waals surface area contributed by atoms with Crippen LogP contribution in [0.3, 0.4) is 0 Å². The normalized spacial score (nSPS) is 18.0. The molecule has 4 rings (SSSR count). The molecule has 0 radical (unpaired) electrons.